The number of nitrogens with one attached hydrogen (secondary N) is 2. The Hall–Kier alpha value is -3.72. The molecule has 0 aliphatic rings. The fourth-order valence-electron chi connectivity index (χ4n) is 3.07. The van der Waals surface area contributed by atoms with Gasteiger partial charge in [0.15, 0.2) is 0 Å². The van der Waals surface area contributed by atoms with Gasteiger partial charge in [0.2, 0.25) is 5.95 Å². The van der Waals surface area contributed by atoms with Gasteiger partial charge in [0.25, 0.3) is 0 Å². The van der Waals surface area contributed by atoms with Crippen LogP contribution in [0.4, 0.5) is 22.2 Å². The number of pyridine rings is 1. The first kappa shape index (κ1) is 24.9. The van der Waals surface area contributed by atoms with Gasteiger partial charge in [0.1, 0.15) is 11.4 Å². The third-order valence-electron chi connectivity index (χ3n) is 4.76. The number of rotatable bonds is 9. The van der Waals surface area contributed by atoms with Crippen LogP contribution in [0.25, 0.3) is 11.3 Å². The van der Waals surface area contributed by atoms with E-state index in [1.54, 1.807) is 24.3 Å². The summed E-state index contributed by atoms with van der Waals surface area (Å²) < 4.78 is 5.35. The number of benzene rings is 1. The second kappa shape index (κ2) is 11.4. The van der Waals surface area contributed by atoms with Gasteiger partial charge >= 0.3 is 6.09 Å². The molecule has 0 bridgehead atoms. The molecule has 1 aromatic carbocycles. The average Bonchev–Trinajstić information content (AvgIpc) is 2.81. The lowest BCUT2D eigenvalue weighted by atomic mass is 10.2. The number of aromatic nitrogens is 3. The lowest BCUT2D eigenvalue weighted by Crippen LogP contribution is -2.35. The van der Waals surface area contributed by atoms with Crippen LogP contribution in [-0.2, 0) is 11.3 Å². The molecule has 0 atom stereocenters. The highest BCUT2D eigenvalue weighted by molar-refractivity contribution is 5.67. The van der Waals surface area contributed by atoms with E-state index in [1.165, 1.54) is 0 Å². The predicted octanol–water partition coefficient (Wildman–Crippen LogP) is 4.44. The van der Waals surface area contributed by atoms with Crippen molar-refractivity contribution >= 4 is 23.5 Å². The van der Waals surface area contributed by atoms with Gasteiger partial charge in [-0.25, -0.2) is 19.7 Å². The van der Waals surface area contributed by atoms with Gasteiger partial charge < -0.3 is 25.4 Å². The molecular formula is C25H32N6O3. The van der Waals surface area contributed by atoms with Crippen molar-refractivity contribution in [1.29, 1.82) is 0 Å². The van der Waals surface area contributed by atoms with E-state index in [4.69, 9.17) is 4.74 Å². The standard InChI is InChI=1S/C25H32N6O3/c1-25(2,3)34-24(33)31(4)14-6-12-26-22-10-9-19(16-28-22)21-11-13-27-23(30-21)29-20-8-5-7-18(15-20)17-32/h5,7-11,13,15-16,32H,6,12,14,17H2,1-4H3,(H,26,28)(H,27,29,30). The van der Waals surface area contributed by atoms with E-state index in [9.17, 15) is 9.90 Å². The van der Waals surface area contributed by atoms with Crippen molar-refractivity contribution in [1.82, 2.24) is 19.9 Å². The molecule has 0 saturated carbocycles. The Morgan fingerprint density at radius 3 is 2.68 bits per heavy atom. The molecule has 3 aromatic rings. The minimum atomic E-state index is -0.499. The number of carbonyl (C=O) groups excluding carboxylic acids is 1. The molecule has 34 heavy (non-hydrogen) atoms. The van der Waals surface area contributed by atoms with Crippen molar-refractivity contribution in [2.24, 2.45) is 0 Å². The number of aliphatic hydroxyl groups is 1. The number of nitrogens with zero attached hydrogens (tertiary/aromatic N) is 4. The van der Waals surface area contributed by atoms with E-state index >= 15 is 0 Å². The first-order valence-electron chi connectivity index (χ1n) is 11.2. The lowest BCUT2D eigenvalue weighted by Gasteiger charge is -2.24. The lowest BCUT2D eigenvalue weighted by molar-refractivity contribution is 0.0298. The molecule has 180 valence electrons. The highest BCUT2D eigenvalue weighted by atomic mass is 16.6. The molecule has 0 saturated heterocycles. The normalized spacial score (nSPS) is 11.1. The molecule has 2 aromatic heterocycles. The van der Waals surface area contributed by atoms with Crippen molar-refractivity contribution in [3.8, 4) is 11.3 Å². The van der Waals surface area contributed by atoms with Gasteiger partial charge in [-0.2, -0.15) is 0 Å². The summed E-state index contributed by atoms with van der Waals surface area (Å²) in [7, 11) is 1.73. The highest BCUT2D eigenvalue weighted by Crippen LogP contribution is 2.20. The summed E-state index contributed by atoms with van der Waals surface area (Å²) in [4.78, 5) is 26.9. The van der Waals surface area contributed by atoms with E-state index in [-0.39, 0.29) is 12.7 Å². The molecule has 0 fully saturated rings. The minimum Gasteiger partial charge on any atom is -0.444 e. The summed E-state index contributed by atoms with van der Waals surface area (Å²) in [6, 6.07) is 13.1. The monoisotopic (exact) mass is 464 g/mol. The summed E-state index contributed by atoms with van der Waals surface area (Å²) in [6.07, 6.45) is 3.88. The number of hydrogen-bond acceptors (Lipinski definition) is 8. The number of hydrogen-bond donors (Lipinski definition) is 3. The van der Waals surface area contributed by atoms with Crippen LogP contribution < -0.4 is 10.6 Å². The summed E-state index contributed by atoms with van der Waals surface area (Å²) in [5.74, 6) is 1.21. The smallest absolute Gasteiger partial charge is 0.410 e. The van der Waals surface area contributed by atoms with Crippen molar-refractivity contribution < 1.29 is 14.6 Å². The molecule has 0 unspecified atom stereocenters. The van der Waals surface area contributed by atoms with E-state index in [1.807, 2.05) is 63.2 Å². The van der Waals surface area contributed by atoms with Gasteiger partial charge in [-0.3, -0.25) is 0 Å². The zero-order valence-electron chi connectivity index (χ0n) is 20.1. The van der Waals surface area contributed by atoms with Crippen molar-refractivity contribution in [2.45, 2.75) is 39.4 Å². The molecule has 3 rings (SSSR count). The Balaban J connectivity index is 1.51. The number of carbonyl (C=O) groups is 1. The van der Waals surface area contributed by atoms with Gasteiger partial charge in [-0.1, -0.05) is 12.1 Å². The number of aliphatic hydroxyl groups excluding tert-OH is 1. The Morgan fingerprint density at radius 1 is 1.15 bits per heavy atom. The summed E-state index contributed by atoms with van der Waals surface area (Å²) in [5.41, 5.74) is 2.73. The van der Waals surface area contributed by atoms with Gasteiger partial charge in [0, 0.05) is 43.8 Å². The Kier molecular flexibility index (Phi) is 8.37. The van der Waals surface area contributed by atoms with Gasteiger partial charge in [0.05, 0.1) is 12.3 Å². The largest absolute Gasteiger partial charge is 0.444 e. The molecule has 9 nitrogen and oxygen atoms in total. The average molecular weight is 465 g/mol. The SMILES string of the molecule is CN(CCCNc1ccc(-c2ccnc(Nc3cccc(CO)c3)n2)cn1)C(=O)OC(C)(C)C. The number of anilines is 3. The van der Waals surface area contributed by atoms with E-state index in [0.29, 0.717) is 19.0 Å². The van der Waals surface area contributed by atoms with Crippen LogP contribution in [0.15, 0.2) is 54.9 Å². The van der Waals surface area contributed by atoms with Crippen LogP contribution in [0.5, 0.6) is 0 Å². The zero-order chi connectivity index (χ0) is 24.6. The van der Waals surface area contributed by atoms with Crippen LogP contribution in [0.3, 0.4) is 0 Å². The van der Waals surface area contributed by atoms with Crippen molar-refractivity contribution in [3.63, 3.8) is 0 Å². The number of ether oxygens (including phenoxy) is 1. The molecule has 0 aliphatic heterocycles. The van der Waals surface area contributed by atoms with Crippen LogP contribution in [-0.4, -0.2) is 56.8 Å². The molecule has 0 aliphatic carbocycles. The molecule has 3 N–H and O–H groups in total. The fourth-order valence-corrected chi connectivity index (χ4v) is 3.07. The first-order valence-corrected chi connectivity index (χ1v) is 11.2. The van der Waals surface area contributed by atoms with Crippen LogP contribution in [0.1, 0.15) is 32.8 Å². The van der Waals surface area contributed by atoms with E-state index < -0.39 is 5.60 Å². The maximum Gasteiger partial charge on any atom is 0.410 e. The number of amides is 1. The Bertz CT molecular complexity index is 1080. The van der Waals surface area contributed by atoms with Crippen LogP contribution in [0, 0.1) is 0 Å². The maximum absolute atomic E-state index is 12.0. The Morgan fingerprint density at radius 2 is 1.97 bits per heavy atom. The fraction of sp³-hybridized carbons (Fsp3) is 0.360. The van der Waals surface area contributed by atoms with E-state index in [2.05, 4.69) is 25.6 Å². The second-order valence-corrected chi connectivity index (χ2v) is 8.86. The van der Waals surface area contributed by atoms with Crippen molar-refractivity contribution in [3.05, 3.63) is 60.4 Å². The molecule has 0 spiro atoms. The third kappa shape index (κ3) is 7.70. The molecule has 2 heterocycles. The third-order valence-corrected chi connectivity index (χ3v) is 4.76. The quantitative estimate of drug-likeness (QED) is 0.398. The van der Waals surface area contributed by atoms with E-state index in [0.717, 1.165) is 34.7 Å². The summed E-state index contributed by atoms with van der Waals surface area (Å²) in [6.45, 7) is 6.79. The summed E-state index contributed by atoms with van der Waals surface area (Å²) >= 11 is 0. The minimum absolute atomic E-state index is 0.0249. The maximum atomic E-state index is 12.0. The molecular weight excluding hydrogens is 432 g/mol. The van der Waals surface area contributed by atoms with Gasteiger partial charge in [-0.15, -0.1) is 0 Å². The molecule has 1 amide bonds. The molecule has 0 radical (unpaired) electrons. The van der Waals surface area contributed by atoms with Crippen molar-refractivity contribution in [2.75, 3.05) is 30.8 Å². The van der Waals surface area contributed by atoms with Gasteiger partial charge in [-0.05, 0) is 63.1 Å². The predicted molar refractivity (Wildman–Crippen MR) is 133 cm³/mol. The topological polar surface area (TPSA) is 113 Å². The Labute approximate surface area is 200 Å². The first-order chi connectivity index (χ1) is 16.2. The second-order valence-electron chi connectivity index (χ2n) is 8.86. The highest BCUT2D eigenvalue weighted by Gasteiger charge is 2.19. The van der Waals surface area contributed by atoms with Crippen LogP contribution >= 0.6 is 0 Å². The van der Waals surface area contributed by atoms with Crippen LogP contribution in [0.2, 0.25) is 0 Å². The summed E-state index contributed by atoms with van der Waals surface area (Å²) in [5, 5.41) is 15.7. The molecule has 9 heteroatoms. The zero-order valence-corrected chi connectivity index (χ0v) is 20.1.